The smallest absolute Gasteiger partial charge is 0.144 e. The molecule has 2 nitrogen and oxygen atoms in total. The Morgan fingerprint density at radius 2 is 1.48 bits per heavy atom. The highest BCUT2D eigenvalue weighted by Crippen LogP contribution is 2.35. The van der Waals surface area contributed by atoms with E-state index >= 15 is 0 Å². The van der Waals surface area contributed by atoms with Crippen LogP contribution in [0.1, 0.15) is 0 Å². The molecule has 5 rings (SSSR count). The maximum absolute atomic E-state index is 6.11. The van der Waals surface area contributed by atoms with E-state index in [-0.39, 0.29) is 0 Å². The molecule has 0 atom stereocenters. The summed E-state index contributed by atoms with van der Waals surface area (Å²) in [7, 11) is 0. The molecule has 3 aromatic carbocycles. The minimum atomic E-state index is 0.900. The summed E-state index contributed by atoms with van der Waals surface area (Å²) in [6.45, 7) is 0. The zero-order valence-electron chi connectivity index (χ0n) is 12.4. The second kappa shape index (κ2) is 4.68. The predicted octanol–water partition coefficient (Wildman–Crippen LogP) is 5.80. The summed E-state index contributed by atoms with van der Waals surface area (Å²) in [5, 5.41) is 4.61. The van der Waals surface area contributed by atoms with Crippen LogP contribution in [0.2, 0.25) is 0 Å². The zero-order valence-corrected chi connectivity index (χ0v) is 12.4. The van der Waals surface area contributed by atoms with Gasteiger partial charge < -0.3 is 4.42 Å². The summed E-state index contributed by atoms with van der Waals surface area (Å²) in [6, 6.07) is 24.8. The SMILES string of the molecule is c1ccc2cc(-c3cccc4c3oc3ccccc34)ncc2c1. The molecule has 0 bridgehead atoms. The third-order valence-electron chi connectivity index (χ3n) is 4.31. The van der Waals surface area contributed by atoms with Crippen LogP contribution in [0, 0.1) is 0 Å². The van der Waals surface area contributed by atoms with Crippen LogP contribution < -0.4 is 0 Å². The molecule has 0 aliphatic heterocycles. The van der Waals surface area contributed by atoms with Crippen LogP contribution in [0.15, 0.2) is 83.4 Å². The van der Waals surface area contributed by atoms with Gasteiger partial charge in [0.15, 0.2) is 0 Å². The van der Waals surface area contributed by atoms with E-state index in [0.717, 1.165) is 38.6 Å². The first kappa shape index (κ1) is 12.4. The van der Waals surface area contributed by atoms with E-state index in [1.807, 2.05) is 36.5 Å². The highest BCUT2D eigenvalue weighted by molar-refractivity contribution is 6.09. The van der Waals surface area contributed by atoms with Crippen LogP contribution in [-0.4, -0.2) is 4.98 Å². The van der Waals surface area contributed by atoms with Gasteiger partial charge in [0.05, 0.1) is 5.69 Å². The molecule has 0 unspecified atom stereocenters. The molecule has 0 fully saturated rings. The van der Waals surface area contributed by atoms with Crippen molar-refractivity contribution in [3.05, 3.63) is 79.0 Å². The zero-order chi connectivity index (χ0) is 15.2. The lowest BCUT2D eigenvalue weighted by molar-refractivity contribution is 0.670. The summed E-state index contributed by atoms with van der Waals surface area (Å²) in [5.41, 5.74) is 3.78. The van der Waals surface area contributed by atoms with E-state index in [2.05, 4.69) is 47.4 Å². The van der Waals surface area contributed by atoms with Crippen molar-refractivity contribution in [3.8, 4) is 11.3 Å². The van der Waals surface area contributed by atoms with Crippen LogP contribution in [0.25, 0.3) is 44.0 Å². The van der Waals surface area contributed by atoms with Gasteiger partial charge in [-0.2, -0.15) is 0 Å². The van der Waals surface area contributed by atoms with Crippen molar-refractivity contribution in [3.63, 3.8) is 0 Å². The molecule has 0 aliphatic carbocycles. The quantitative estimate of drug-likeness (QED) is 0.390. The molecule has 0 amide bonds. The van der Waals surface area contributed by atoms with Crippen molar-refractivity contribution in [2.24, 2.45) is 0 Å². The summed E-state index contributed by atoms with van der Waals surface area (Å²) >= 11 is 0. The van der Waals surface area contributed by atoms with Gasteiger partial charge in [-0.1, -0.05) is 54.6 Å². The maximum Gasteiger partial charge on any atom is 0.144 e. The van der Waals surface area contributed by atoms with Crippen LogP contribution in [0.5, 0.6) is 0 Å². The van der Waals surface area contributed by atoms with Crippen molar-refractivity contribution < 1.29 is 4.42 Å². The third-order valence-corrected chi connectivity index (χ3v) is 4.31. The number of para-hydroxylation sites is 2. The summed E-state index contributed by atoms with van der Waals surface area (Å²) < 4.78 is 6.11. The highest BCUT2D eigenvalue weighted by atomic mass is 16.3. The molecule has 2 heterocycles. The highest BCUT2D eigenvalue weighted by Gasteiger charge is 2.12. The molecule has 2 aromatic heterocycles. The van der Waals surface area contributed by atoms with E-state index in [1.54, 1.807) is 0 Å². The predicted molar refractivity (Wildman–Crippen MR) is 94.5 cm³/mol. The molecule has 0 saturated heterocycles. The van der Waals surface area contributed by atoms with Gasteiger partial charge in [0, 0.05) is 27.9 Å². The third kappa shape index (κ3) is 1.85. The summed E-state index contributed by atoms with van der Waals surface area (Å²) in [4.78, 5) is 4.64. The van der Waals surface area contributed by atoms with Gasteiger partial charge in [0.2, 0.25) is 0 Å². The first-order valence-electron chi connectivity index (χ1n) is 7.65. The molecular weight excluding hydrogens is 282 g/mol. The number of benzene rings is 3. The molecular formula is C21H13NO. The van der Waals surface area contributed by atoms with E-state index in [0.29, 0.717) is 0 Å². The van der Waals surface area contributed by atoms with Gasteiger partial charge in [-0.3, -0.25) is 4.98 Å². The normalized spacial score (nSPS) is 11.5. The Balaban J connectivity index is 1.84. The fraction of sp³-hybridized carbons (Fsp3) is 0. The monoisotopic (exact) mass is 295 g/mol. The Kier molecular flexibility index (Phi) is 2.53. The molecule has 0 aliphatic rings. The number of hydrogen-bond donors (Lipinski definition) is 0. The molecule has 0 N–H and O–H groups in total. The van der Waals surface area contributed by atoms with Crippen molar-refractivity contribution in [1.29, 1.82) is 0 Å². The lowest BCUT2D eigenvalue weighted by atomic mass is 10.0. The van der Waals surface area contributed by atoms with E-state index < -0.39 is 0 Å². The largest absolute Gasteiger partial charge is 0.455 e. The van der Waals surface area contributed by atoms with Gasteiger partial charge in [-0.15, -0.1) is 0 Å². The molecule has 0 saturated carbocycles. The van der Waals surface area contributed by atoms with Gasteiger partial charge in [0.25, 0.3) is 0 Å². The van der Waals surface area contributed by atoms with Gasteiger partial charge >= 0.3 is 0 Å². The van der Waals surface area contributed by atoms with Gasteiger partial charge in [0.1, 0.15) is 11.2 Å². The number of furan rings is 1. The second-order valence-electron chi connectivity index (χ2n) is 5.70. The fourth-order valence-corrected chi connectivity index (χ4v) is 3.18. The molecule has 0 radical (unpaired) electrons. The van der Waals surface area contributed by atoms with E-state index in [4.69, 9.17) is 4.42 Å². The first-order chi connectivity index (χ1) is 11.4. The number of fused-ring (bicyclic) bond motifs is 4. The molecule has 23 heavy (non-hydrogen) atoms. The van der Waals surface area contributed by atoms with Crippen LogP contribution in [0.4, 0.5) is 0 Å². The van der Waals surface area contributed by atoms with Crippen molar-refractivity contribution in [2.45, 2.75) is 0 Å². The standard InChI is InChI=1S/C21H13NO/c1-2-7-15-13-22-19(12-14(15)6-1)18-10-5-9-17-16-8-3-4-11-20(16)23-21(17)18/h1-13H. The summed E-state index contributed by atoms with van der Waals surface area (Å²) in [5.74, 6) is 0. The lowest BCUT2D eigenvalue weighted by Crippen LogP contribution is -1.84. The van der Waals surface area contributed by atoms with E-state index in [9.17, 15) is 0 Å². The Morgan fingerprint density at radius 3 is 2.43 bits per heavy atom. The fourth-order valence-electron chi connectivity index (χ4n) is 3.18. The minimum Gasteiger partial charge on any atom is -0.455 e. The van der Waals surface area contributed by atoms with Crippen LogP contribution >= 0.6 is 0 Å². The Morgan fingerprint density at radius 1 is 0.696 bits per heavy atom. The van der Waals surface area contributed by atoms with Crippen molar-refractivity contribution in [2.75, 3.05) is 0 Å². The van der Waals surface area contributed by atoms with Crippen molar-refractivity contribution >= 4 is 32.7 Å². The lowest BCUT2D eigenvalue weighted by Gasteiger charge is -2.04. The molecule has 5 aromatic rings. The number of nitrogens with zero attached hydrogens (tertiary/aromatic N) is 1. The maximum atomic E-state index is 6.11. The molecule has 108 valence electrons. The Labute approximate surface area is 133 Å². The van der Waals surface area contributed by atoms with E-state index in [1.165, 1.54) is 5.39 Å². The average Bonchev–Trinajstić information content (AvgIpc) is 3.00. The number of pyridine rings is 1. The van der Waals surface area contributed by atoms with Crippen LogP contribution in [0.3, 0.4) is 0 Å². The number of aromatic nitrogens is 1. The van der Waals surface area contributed by atoms with Crippen molar-refractivity contribution in [1.82, 2.24) is 4.98 Å². The summed E-state index contributed by atoms with van der Waals surface area (Å²) in [6.07, 6.45) is 1.92. The molecule has 0 spiro atoms. The Hall–Kier alpha value is -3.13. The second-order valence-corrected chi connectivity index (χ2v) is 5.70. The van der Waals surface area contributed by atoms with Gasteiger partial charge in [-0.05, 0) is 23.6 Å². The average molecular weight is 295 g/mol. The number of rotatable bonds is 1. The Bertz CT molecular complexity index is 1170. The topological polar surface area (TPSA) is 26.0 Å². The molecule has 2 heteroatoms. The minimum absolute atomic E-state index is 0.900. The number of hydrogen-bond acceptors (Lipinski definition) is 2. The first-order valence-corrected chi connectivity index (χ1v) is 7.65. The van der Waals surface area contributed by atoms with Crippen LogP contribution in [-0.2, 0) is 0 Å². The van der Waals surface area contributed by atoms with Gasteiger partial charge in [-0.25, -0.2) is 0 Å².